The topological polar surface area (TPSA) is 96.0 Å². The lowest BCUT2D eigenvalue weighted by molar-refractivity contribution is -0.139. The second-order valence-corrected chi connectivity index (χ2v) is 11.9. The zero-order valence-electron chi connectivity index (χ0n) is 22.8. The number of amides is 2. The van der Waals surface area contributed by atoms with Crippen molar-refractivity contribution in [3.63, 3.8) is 0 Å². The summed E-state index contributed by atoms with van der Waals surface area (Å²) in [6.07, 6.45) is 0. The Labute approximate surface area is 239 Å². The largest absolute Gasteiger partial charge is 0.497 e. The monoisotopic (exact) mass is 589 g/mol. The van der Waals surface area contributed by atoms with Crippen LogP contribution in [0.2, 0.25) is 5.02 Å². The molecule has 0 fully saturated rings. The minimum absolute atomic E-state index is 0.00942. The van der Waals surface area contributed by atoms with Gasteiger partial charge < -0.3 is 15.0 Å². The Morgan fingerprint density at radius 2 is 1.65 bits per heavy atom. The van der Waals surface area contributed by atoms with E-state index in [2.05, 4.69) is 5.32 Å². The van der Waals surface area contributed by atoms with E-state index in [0.717, 1.165) is 16.4 Å². The van der Waals surface area contributed by atoms with Crippen molar-refractivity contribution in [3.8, 4) is 5.75 Å². The van der Waals surface area contributed by atoms with Gasteiger partial charge >= 0.3 is 0 Å². The third-order valence-corrected chi connectivity index (χ3v) is 8.16. The normalized spacial score (nSPS) is 12.1. The second-order valence-electron chi connectivity index (χ2n) is 9.63. The van der Waals surface area contributed by atoms with Gasteiger partial charge in [-0.3, -0.25) is 13.9 Å². The van der Waals surface area contributed by atoms with Crippen LogP contribution in [0.5, 0.6) is 5.75 Å². The molecular formula is C29H33ClFN3O5S. The third-order valence-electron chi connectivity index (χ3n) is 6.13. The number of carbonyl (C=O) groups excluding carboxylic acids is 2. The number of benzene rings is 3. The maximum absolute atomic E-state index is 13.9. The van der Waals surface area contributed by atoms with Gasteiger partial charge in [0, 0.05) is 18.1 Å². The molecule has 0 saturated carbocycles. The predicted octanol–water partition coefficient (Wildman–Crippen LogP) is 4.87. The number of halogens is 2. The smallest absolute Gasteiger partial charge is 0.264 e. The van der Waals surface area contributed by atoms with Crippen molar-refractivity contribution in [1.82, 2.24) is 10.2 Å². The van der Waals surface area contributed by atoms with E-state index >= 15 is 0 Å². The average Bonchev–Trinajstić information content (AvgIpc) is 2.93. The summed E-state index contributed by atoms with van der Waals surface area (Å²) in [5.41, 5.74) is 0.751. The summed E-state index contributed by atoms with van der Waals surface area (Å²) in [5.74, 6) is -0.923. The van der Waals surface area contributed by atoms with Crippen LogP contribution in [0.1, 0.15) is 26.3 Å². The first-order valence-electron chi connectivity index (χ1n) is 12.7. The molecule has 1 atom stereocenters. The number of ether oxygens (including phenoxy) is 1. The molecule has 0 bridgehead atoms. The summed E-state index contributed by atoms with van der Waals surface area (Å²) < 4.78 is 47.3. The summed E-state index contributed by atoms with van der Waals surface area (Å²) in [6, 6.07) is 16.4. The number of nitrogens with one attached hydrogen (secondary N) is 1. The van der Waals surface area contributed by atoms with Crippen molar-refractivity contribution >= 4 is 39.1 Å². The van der Waals surface area contributed by atoms with Gasteiger partial charge in [-0.25, -0.2) is 12.8 Å². The fourth-order valence-corrected chi connectivity index (χ4v) is 5.51. The van der Waals surface area contributed by atoms with E-state index in [1.165, 1.54) is 48.4 Å². The van der Waals surface area contributed by atoms with Crippen LogP contribution < -0.4 is 14.4 Å². The summed E-state index contributed by atoms with van der Waals surface area (Å²) in [7, 11) is -2.82. The molecule has 214 valence electrons. The number of sulfonamides is 1. The van der Waals surface area contributed by atoms with Crippen molar-refractivity contribution < 1.29 is 27.1 Å². The molecule has 0 heterocycles. The molecule has 8 nitrogen and oxygen atoms in total. The number of anilines is 1. The summed E-state index contributed by atoms with van der Waals surface area (Å²) in [6.45, 7) is 5.26. The van der Waals surface area contributed by atoms with Gasteiger partial charge in [-0.05, 0) is 79.1 Å². The Morgan fingerprint density at radius 3 is 2.23 bits per heavy atom. The Kier molecular flexibility index (Phi) is 10.5. The van der Waals surface area contributed by atoms with Gasteiger partial charge in [0.2, 0.25) is 11.8 Å². The van der Waals surface area contributed by atoms with E-state index in [1.807, 2.05) is 13.8 Å². The summed E-state index contributed by atoms with van der Waals surface area (Å²) >= 11 is 6.15. The van der Waals surface area contributed by atoms with Crippen LogP contribution in [0.15, 0.2) is 77.7 Å². The first-order chi connectivity index (χ1) is 18.9. The van der Waals surface area contributed by atoms with Crippen molar-refractivity contribution in [2.45, 2.75) is 38.3 Å². The highest BCUT2D eigenvalue weighted by atomic mass is 35.5. The van der Waals surface area contributed by atoms with Gasteiger partial charge in [0.15, 0.2) is 0 Å². The molecular weight excluding hydrogens is 557 g/mol. The minimum atomic E-state index is -4.28. The fourth-order valence-electron chi connectivity index (χ4n) is 3.88. The number of hydrogen-bond acceptors (Lipinski definition) is 5. The first kappa shape index (κ1) is 30.9. The maximum atomic E-state index is 13.9. The molecule has 3 aromatic carbocycles. The van der Waals surface area contributed by atoms with E-state index in [9.17, 15) is 22.4 Å². The zero-order valence-corrected chi connectivity index (χ0v) is 24.4. The van der Waals surface area contributed by atoms with Crippen molar-refractivity contribution in [1.29, 1.82) is 0 Å². The summed E-state index contributed by atoms with van der Waals surface area (Å²) in [4.78, 5) is 28.1. The van der Waals surface area contributed by atoms with Crippen molar-refractivity contribution in [2.75, 3.05) is 24.5 Å². The zero-order chi connectivity index (χ0) is 29.4. The molecule has 0 spiro atoms. The molecule has 11 heteroatoms. The third kappa shape index (κ3) is 7.95. The molecule has 0 unspecified atom stereocenters. The Hall–Kier alpha value is -3.63. The Morgan fingerprint density at radius 1 is 1.00 bits per heavy atom. The number of nitrogens with zero attached hydrogens (tertiary/aromatic N) is 2. The highest BCUT2D eigenvalue weighted by Gasteiger charge is 2.32. The van der Waals surface area contributed by atoms with Gasteiger partial charge in [-0.15, -0.1) is 0 Å². The van der Waals surface area contributed by atoms with Crippen molar-refractivity contribution in [3.05, 3.63) is 89.2 Å². The molecule has 0 aliphatic rings. The van der Waals surface area contributed by atoms with E-state index in [1.54, 1.807) is 31.2 Å². The Balaban J connectivity index is 2.01. The SMILES string of the molecule is COc1ccc(S(=O)(=O)N(CC(=O)N(Cc2cccc(Cl)c2)[C@H](C)C(=O)NCC(C)C)c2ccc(F)cc2)cc1. The number of methoxy groups -OCH3 is 1. The van der Waals surface area contributed by atoms with Crippen LogP contribution in [0.4, 0.5) is 10.1 Å². The number of rotatable bonds is 12. The van der Waals surface area contributed by atoms with Crippen LogP contribution in [0.25, 0.3) is 0 Å². The van der Waals surface area contributed by atoms with Crippen LogP contribution in [0, 0.1) is 11.7 Å². The average molecular weight is 590 g/mol. The molecule has 3 rings (SSSR count). The van der Waals surface area contributed by atoms with E-state index in [0.29, 0.717) is 22.9 Å². The summed E-state index contributed by atoms with van der Waals surface area (Å²) in [5, 5.41) is 3.28. The highest BCUT2D eigenvalue weighted by molar-refractivity contribution is 7.92. The van der Waals surface area contributed by atoms with Gasteiger partial charge in [0.25, 0.3) is 10.0 Å². The van der Waals surface area contributed by atoms with Crippen LogP contribution in [-0.4, -0.2) is 51.4 Å². The Bertz CT molecular complexity index is 1420. The molecule has 0 radical (unpaired) electrons. The molecule has 2 amide bonds. The van der Waals surface area contributed by atoms with E-state index < -0.39 is 34.3 Å². The van der Waals surface area contributed by atoms with Gasteiger partial charge in [-0.1, -0.05) is 37.6 Å². The van der Waals surface area contributed by atoms with Gasteiger partial charge in [0.1, 0.15) is 24.2 Å². The molecule has 3 aromatic rings. The van der Waals surface area contributed by atoms with Crippen LogP contribution in [-0.2, 0) is 26.2 Å². The lowest BCUT2D eigenvalue weighted by Crippen LogP contribution is -2.51. The lowest BCUT2D eigenvalue weighted by atomic mass is 10.1. The molecule has 40 heavy (non-hydrogen) atoms. The van der Waals surface area contributed by atoms with Gasteiger partial charge in [-0.2, -0.15) is 0 Å². The standard InChI is InChI=1S/C29H33ClFN3O5S/c1-20(2)17-32-29(36)21(3)33(18-22-6-5-7-23(30)16-22)28(35)19-34(25-10-8-24(31)9-11-25)40(37,38)27-14-12-26(39-4)13-15-27/h5-16,20-21H,17-19H2,1-4H3,(H,32,36)/t21-/m1/s1. The minimum Gasteiger partial charge on any atom is -0.497 e. The molecule has 0 saturated heterocycles. The highest BCUT2D eigenvalue weighted by Crippen LogP contribution is 2.26. The molecule has 0 aliphatic heterocycles. The van der Waals surface area contributed by atoms with E-state index in [4.69, 9.17) is 16.3 Å². The maximum Gasteiger partial charge on any atom is 0.264 e. The fraction of sp³-hybridized carbons (Fsp3) is 0.310. The first-order valence-corrected chi connectivity index (χ1v) is 14.5. The van der Waals surface area contributed by atoms with Crippen LogP contribution >= 0.6 is 11.6 Å². The molecule has 1 N–H and O–H groups in total. The molecule has 0 aromatic heterocycles. The molecule has 0 aliphatic carbocycles. The second kappa shape index (κ2) is 13.6. The lowest BCUT2D eigenvalue weighted by Gasteiger charge is -2.32. The van der Waals surface area contributed by atoms with Crippen molar-refractivity contribution in [2.24, 2.45) is 5.92 Å². The van der Waals surface area contributed by atoms with Gasteiger partial charge in [0.05, 0.1) is 17.7 Å². The number of hydrogen-bond donors (Lipinski definition) is 1. The van der Waals surface area contributed by atoms with E-state index in [-0.39, 0.29) is 29.0 Å². The van der Waals surface area contributed by atoms with Crippen LogP contribution in [0.3, 0.4) is 0 Å². The predicted molar refractivity (Wildman–Crippen MR) is 153 cm³/mol. The number of carbonyl (C=O) groups is 2. The quantitative estimate of drug-likeness (QED) is 0.325.